The number of nitrogens with one attached hydrogen (secondary N) is 1. The van der Waals surface area contributed by atoms with Crippen LogP contribution in [-0.2, 0) is 19.3 Å². The topological polar surface area (TPSA) is 78.5 Å². The number of para-hydroxylation sites is 2. The van der Waals surface area contributed by atoms with Crippen molar-refractivity contribution in [2.24, 2.45) is 0 Å². The highest BCUT2D eigenvalue weighted by molar-refractivity contribution is 5.91. The number of rotatable bonds is 10. The van der Waals surface area contributed by atoms with Gasteiger partial charge in [-0.1, -0.05) is 12.1 Å². The van der Waals surface area contributed by atoms with Crippen LogP contribution in [0.4, 0.5) is 13.2 Å². The highest BCUT2D eigenvalue weighted by atomic mass is 19.4. The number of alkyl halides is 3. The summed E-state index contributed by atoms with van der Waals surface area (Å²) in [5.41, 5.74) is -0.258. The molecule has 0 unspecified atom stereocenters. The third-order valence-electron chi connectivity index (χ3n) is 5.25. The van der Waals surface area contributed by atoms with Gasteiger partial charge in [0.2, 0.25) is 0 Å². The minimum atomic E-state index is -4.46. The number of carbonyl (C=O) groups is 1. The Morgan fingerprint density at radius 3 is 2.67 bits per heavy atom. The number of aryl methyl sites for hydroxylation is 1. The summed E-state index contributed by atoms with van der Waals surface area (Å²) in [6.45, 7) is 0.689. The highest BCUT2D eigenvalue weighted by Gasteiger charge is 2.37. The molecule has 0 atom stereocenters. The van der Waals surface area contributed by atoms with Crippen LogP contribution < -0.4 is 14.8 Å². The minimum absolute atomic E-state index is 0.123. The van der Waals surface area contributed by atoms with E-state index in [-0.39, 0.29) is 24.8 Å². The standard InChI is InChI=1S/C23H24F3N3O4/c1-31-18-5-2-3-6-19(18)32-14-16-9-10-20(33-16)22(30)27-11-4-12-29-17(15-7-8-15)13-21(28-29)23(24,25)26/h2-3,5-6,9-10,13,15H,4,7-8,11-12,14H2,1H3,(H,27,30). The predicted molar refractivity (Wildman–Crippen MR) is 112 cm³/mol. The molecule has 1 fully saturated rings. The van der Waals surface area contributed by atoms with E-state index in [1.165, 1.54) is 4.68 Å². The Labute approximate surface area is 188 Å². The molecule has 33 heavy (non-hydrogen) atoms. The molecule has 176 valence electrons. The van der Waals surface area contributed by atoms with E-state index in [1.807, 2.05) is 12.1 Å². The summed E-state index contributed by atoms with van der Waals surface area (Å²) < 4.78 is 56.8. The van der Waals surface area contributed by atoms with Crippen molar-refractivity contribution in [2.45, 2.75) is 44.5 Å². The van der Waals surface area contributed by atoms with Crippen molar-refractivity contribution < 1.29 is 31.9 Å². The molecule has 2 heterocycles. The van der Waals surface area contributed by atoms with Crippen LogP contribution in [0.5, 0.6) is 11.5 Å². The quantitative estimate of drug-likeness (QED) is 0.438. The molecule has 0 aliphatic heterocycles. The molecule has 7 nitrogen and oxygen atoms in total. The molecule has 1 aliphatic carbocycles. The average molecular weight is 463 g/mol. The van der Waals surface area contributed by atoms with Crippen LogP contribution in [0.2, 0.25) is 0 Å². The van der Waals surface area contributed by atoms with Crippen LogP contribution in [0.1, 0.15) is 52.9 Å². The van der Waals surface area contributed by atoms with Gasteiger partial charge in [0.25, 0.3) is 5.91 Å². The Morgan fingerprint density at radius 2 is 1.97 bits per heavy atom. The number of benzene rings is 1. The van der Waals surface area contributed by atoms with Crippen LogP contribution in [0, 0.1) is 0 Å². The van der Waals surface area contributed by atoms with E-state index in [0.29, 0.717) is 35.9 Å². The number of aromatic nitrogens is 2. The Hall–Kier alpha value is -3.43. The van der Waals surface area contributed by atoms with Gasteiger partial charge in [0.1, 0.15) is 12.4 Å². The summed E-state index contributed by atoms with van der Waals surface area (Å²) >= 11 is 0. The number of halogens is 3. The van der Waals surface area contributed by atoms with Crippen molar-refractivity contribution in [3.8, 4) is 11.5 Å². The summed E-state index contributed by atoms with van der Waals surface area (Å²) in [6, 6.07) is 11.5. The van der Waals surface area contributed by atoms with Crippen molar-refractivity contribution in [2.75, 3.05) is 13.7 Å². The molecular weight excluding hydrogens is 439 g/mol. The molecule has 0 radical (unpaired) electrons. The van der Waals surface area contributed by atoms with Gasteiger partial charge in [-0.05, 0) is 49.6 Å². The maximum atomic E-state index is 13.0. The maximum absolute atomic E-state index is 13.0. The summed E-state index contributed by atoms with van der Waals surface area (Å²) in [6.07, 6.45) is -2.27. The lowest BCUT2D eigenvalue weighted by Gasteiger charge is -2.09. The Kier molecular flexibility index (Phi) is 6.62. The van der Waals surface area contributed by atoms with E-state index in [9.17, 15) is 18.0 Å². The van der Waals surface area contributed by atoms with Crippen LogP contribution >= 0.6 is 0 Å². The van der Waals surface area contributed by atoms with E-state index in [0.717, 1.165) is 18.9 Å². The van der Waals surface area contributed by atoms with Crippen molar-refractivity contribution >= 4 is 5.91 Å². The first-order valence-electron chi connectivity index (χ1n) is 10.6. The van der Waals surface area contributed by atoms with Gasteiger partial charge in [0, 0.05) is 24.7 Å². The lowest BCUT2D eigenvalue weighted by Crippen LogP contribution is -2.25. The Balaban J connectivity index is 1.25. The number of furan rings is 1. The zero-order valence-corrected chi connectivity index (χ0v) is 18.0. The number of hydrogen-bond acceptors (Lipinski definition) is 5. The van der Waals surface area contributed by atoms with E-state index in [1.54, 1.807) is 31.4 Å². The fraction of sp³-hybridized carbons (Fsp3) is 0.391. The monoisotopic (exact) mass is 463 g/mol. The third kappa shape index (κ3) is 5.68. The van der Waals surface area contributed by atoms with Gasteiger partial charge in [-0.15, -0.1) is 0 Å². The first-order chi connectivity index (χ1) is 15.8. The van der Waals surface area contributed by atoms with Gasteiger partial charge < -0.3 is 19.2 Å². The Morgan fingerprint density at radius 1 is 1.21 bits per heavy atom. The van der Waals surface area contributed by atoms with Gasteiger partial charge in [0.15, 0.2) is 23.0 Å². The molecule has 0 bridgehead atoms. The predicted octanol–water partition coefficient (Wildman–Crippen LogP) is 4.78. The van der Waals surface area contributed by atoms with E-state index in [4.69, 9.17) is 13.9 Å². The minimum Gasteiger partial charge on any atom is -0.493 e. The number of amides is 1. The van der Waals surface area contributed by atoms with E-state index >= 15 is 0 Å². The summed E-state index contributed by atoms with van der Waals surface area (Å²) in [5.74, 6) is 1.48. The van der Waals surface area contributed by atoms with Gasteiger partial charge in [-0.2, -0.15) is 18.3 Å². The van der Waals surface area contributed by atoms with E-state index in [2.05, 4.69) is 10.4 Å². The molecule has 2 aromatic heterocycles. The largest absolute Gasteiger partial charge is 0.493 e. The first kappa shape index (κ1) is 22.8. The SMILES string of the molecule is COc1ccccc1OCc1ccc(C(=O)NCCCn2nc(C(F)(F)F)cc2C2CC2)o1. The van der Waals surface area contributed by atoms with Crippen LogP contribution in [-0.4, -0.2) is 29.3 Å². The molecule has 0 saturated heterocycles. The van der Waals surface area contributed by atoms with Gasteiger partial charge in [-0.25, -0.2) is 0 Å². The van der Waals surface area contributed by atoms with Crippen LogP contribution in [0.3, 0.4) is 0 Å². The molecule has 1 aliphatic rings. The number of hydrogen-bond donors (Lipinski definition) is 1. The molecule has 1 N–H and O–H groups in total. The lowest BCUT2D eigenvalue weighted by atomic mass is 10.2. The summed E-state index contributed by atoms with van der Waals surface area (Å²) in [5, 5.41) is 6.44. The molecule has 0 spiro atoms. The van der Waals surface area contributed by atoms with Gasteiger partial charge in [-0.3, -0.25) is 9.48 Å². The van der Waals surface area contributed by atoms with E-state index < -0.39 is 17.8 Å². The summed E-state index contributed by atoms with van der Waals surface area (Å²) in [7, 11) is 1.55. The lowest BCUT2D eigenvalue weighted by molar-refractivity contribution is -0.141. The second kappa shape index (κ2) is 9.60. The fourth-order valence-corrected chi connectivity index (χ4v) is 3.44. The average Bonchev–Trinajstić information content (AvgIpc) is 3.36. The van der Waals surface area contributed by atoms with Crippen molar-refractivity contribution in [3.63, 3.8) is 0 Å². The van der Waals surface area contributed by atoms with Crippen molar-refractivity contribution in [1.29, 1.82) is 0 Å². The number of nitrogens with zero attached hydrogens (tertiary/aromatic N) is 2. The number of ether oxygens (including phenoxy) is 2. The van der Waals surface area contributed by atoms with Gasteiger partial charge >= 0.3 is 6.18 Å². The summed E-state index contributed by atoms with van der Waals surface area (Å²) in [4.78, 5) is 12.3. The van der Waals surface area contributed by atoms with Crippen molar-refractivity contribution in [3.05, 3.63) is 65.4 Å². The zero-order valence-electron chi connectivity index (χ0n) is 18.0. The van der Waals surface area contributed by atoms with Crippen LogP contribution in [0.15, 0.2) is 46.9 Å². The fourth-order valence-electron chi connectivity index (χ4n) is 3.44. The number of methoxy groups -OCH3 is 1. The zero-order chi connectivity index (χ0) is 23.4. The molecular formula is C23H24F3N3O4. The van der Waals surface area contributed by atoms with Crippen LogP contribution in [0.25, 0.3) is 0 Å². The second-order valence-corrected chi connectivity index (χ2v) is 7.76. The number of carbonyl (C=O) groups excluding carboxylic acids is 1. The normalized spacial score (nSPS) is 13.7. The Bertz CT molecular complexity index is 1100. The molecule has 4 rings (SSSR count). The molecule has 1 amide bonds. The third-order valence-corrected chi connectivity index (χ3v) is 5.25. The first-order valence-corrected chi connectivity index (χ1v) is 10.6. The molecule has 10 heteroatoms. The smallest absolute Gasteiger partial charge is 0.435 e. The maximum Gasteiger partial charge on any atom is 0.435 e. The molecule has 1 saturated carbocycles. The van der Waals surface area contributed by atoms with Crippen molar-refractivity contribution in [1.82, 2.24) is 15.1 Å². The van der Waals surface area contributed by atoms with Gasteiger partial charge in [0.05, 0.1) is 7.11 Å². The highest BCUT2D eigenvalue weighted by Crippen LogP contribution is 2.42. The second-order valence-electron chi connectivity index (χ2n) is 7.76. The molecule has 3 aromatic rings. The molecule has 1 aromatic carbocycles.